The lowest BCUT2D eigenvalue weighted by atomic mass is 10.0. The number of halogens is 2. The lowest BCUT2D eigenvalue weighted by Gasteiger charge is -2.26. The van der Waals surface area contributed by atoms with E-state index in [2.05, 4.69) is 4.90 Å². The molecule has 136 valence electrons. The molecule has 1 heterocycles. The zero-order chi connectivity index (χ0) is 16.7. The monoisotopic (exact) mass is 374 g/mol. The highest BCUT2D eigenvalue weighted by Gasteiger charge is 2.14. The number of hydrogen-bond donors (Lipinski definition) is 1. The number of Topliss-reactive ketones (excluding diaryl/α,β-unsaturated/α-hetero) is 1. The zero-order valence-electron chi connectivity index (χ0n) is 14.4. The van der Waals surface area contributed by atoms with Crippen molar-refractivity contribution in [3.05, 3.63) is 22.7 Å². The largest absolute Gasteiger partial charge is 0.494 e. The van der Waals surface area contributed by atoms with E-state index in [1.54, 1.807) is 12.1 Å². The highest BCUT2D eigenvalue weighted by atomic mass is 35.5. The normalized spacial score (nSPS) is 14.9. The Kier molecular flexibility index (Phi) is 9.49. The van der Waals surface area contributed by atoms with Gasteiger partial charge >= 0.3 is 0 Å². The molecule has 1 aliphatic heterocycles. The first-order valence-corrected chi connectivity index (χ1v) is 8.92. The Hall–Kier alpha value is -0.970. The van der Waals surface area contributed by atoms with Gasteiger partial charge in [0, 0.05) is 24.5 Å². The highest BCUT2D eigenvalue weighted by Crippen LogP contribution is 2.29. The lowest BCUT2D eigenvalue weighted by molar-refractivity contribution is -0.118. The molecule has 0 atom stereocenters. The summed E-state index contributed by atoms with van der Waals surface area (Å²) in [5.74, 6) is 0.891. The van der Waals surface area contributed by atoms with Gasteiger partial charge in [-0.1, -0.05) is 18.0 Å². The summed E-state index contributed by atoms with van der Waals surface area (Å²) in [7, 11) is 0. The lowest BCUT2D eigenvalue weighted by Crippen LogP contribution is -2.30. The molecule has 1 saturated heterocycles. The van der Waals surface area contributed by atoms with Crippen LogP contribution >= 0.6 is 24.0 Å². The van der Waals surface area contributed by atoms with E-state index in [0.29, 0.717) is 35.9 Å². The minimum Gasteiger partial charge on any atom is -0.494 e. The van der Waals surface area contributed by atoms with E-state index in [0.717, 1.165) is 18.5 Å². The molecule has 1 aromatic carbocycles. The van der Waals surface area contributed by atoms with Crippen LogP contribution in [0.5, 0.6) is 5.75 Å². The predicted molar refractivity (Wildman–Crippen MR) is 103 cm³/mol. The Morgan fingerprint density at radius 3 is 2.67 bits per heavy atom. The molecule has 0 amide bonds. The number of ether oxygens (including phenoxy) is 1. The van der Waals surface area contributed by atoms with Crippen molar-refractivity contribution in [1.29, 1.82) is 0 Å². The fourth-order valence-corrected chi connectivity index (χ4v) is 3.21. The number of piperidine rings is 1. The van der Waals surface area contributed by atoms with Gasteiger partial charge in [-0.15, -0.1) is 12.4 Å². The van der Waals surface area contributed by atoms with E-state index in [4.69, 9.17) is 22.1 Å². The van der Waals surface area contributed by atoms with Crippen LogP contribution in [0.4, 0.5) is 5.69 Å². The first-order chi connectivity index (χ1) is 11.1. The predicted octanol–water partition coefficient (Wildman–Crippen LogP) is 4.12. The molecule has 1 fully saturated rings. The molecule has 1 aliphatic rings. The van der Waals surface area contributed by atoms with Gasteiger partial charge in [0.2, 0.25) is 0 Å². The van der Waals surface area contributed by atoms with Crippen molar-refractivity contribution >= 4 is 35.5 Å². The molecule has 2 rings (SSSR count). The Bertz CT molecular complexity index is 532. The first-order valence-electron chi connectivity index (χ1n) is 8.55. The van der Waals surface area contributed by atoms with Gasteiger partial charge in [0.25, 0.3) is 0 Å². The number of nitrogen functional groups attached to an aromatic ring is 1. The summed E-state index contributed by atoms with van der Waals surface area (Å²) >= 11 is 6.08. The molecule has 6 heteroatoms. The molecule has 24 heavy (non-hydrogen) atoms. The third kappa shape index (κ3) is 6.50. The number of benzene rings is 1. The van der Waals surface area contributed by atoms with Crippen molar-refractivity contribution in [2.24, 2.45) is 0 Å². The summed E-state index contributed by atoms with van der Waals surface area (Å²) in [6.07, 6.45) is 5.80. The second kappa shape index (κ2) is 10.8. The van der Waals surface area contributed by atoms with Crippen LogP contribution in [0, 0.1) is 0 Å². The fourth-order valence-electron chi connectivity index (χ4n) is 3.02. The van der Waals surface area contributed by atoms with Gasteiger partial charge in [-0.2, -0.15) is 0 Å². The van der Waals surface area contributed by atoms with E-state index in [1.165, 1.54) is 32.4 Å². The second-order valence-electron chi connectivity index (χ2n) is 6.14. The summed E-state index contributed by atoms with van der Waals surface area (Å²) < 4.78 is 5.57. The van der Waals surface area contributed by atoms with Crippen molar-refractivity contribution in [3.63, 3.8) is 0 Å². The van der Waals surface area contributed by atoms with Gasteiger partial charge in [-0.3, -0.25) is 4.79 Å². The summed E-state index contributed by atoms with van der Waals surface area (Å²) in [6, 6.07) is 3.46. The molecule has 0 aliphatic carbocycles. The number of ketones is 1. The third-order valence-electron chi connectivity index (χ3n) is 4.25. The van der Waals surface area contributed by atoms with Crippen LogP contribution in [0.2, 0.25) is 5.02 Å². The molecule has 0 spiro atoms. The van der Waals surface area contributed by atoms with Crippen molar-refractivity contribution in [2.45, 2.75) is 45.4 Å². The van der Waals surface area contributed by atoms with E-state index in [-0.39, 0.29) is 18.2 Å². The average molecular weight is 375 g/mol. The second-order valence-corrected chi connectivity index (χ2v) is 6.54. The van der Waals surface area contributed by atoms with Crippen LogP contribution < -0.4 is 10.5 Å². The number of rotatable bonds is 8. The van der Waals surface area contributed by atoms with E-state index < -0.39 is 0 Å². The minimum atomic E-state index is 0. The Morgan fingerprint density at radius 1 is 1.29 bits per heavy atom. The Balaban J connectivity index is 0.00000288. The summed E-state index contributed by atoms with van der Waals surface area (Å²) in [5, 5.41) is 0.476. The standard InChI is InChI=1S/C18H27ClN2O2.ClH/c1-2-23-18-13-17(20)16(19)12-14(18)11-15(22)7-6-10-21-8-4-3-5-9-21;/h12-13H,2-11,20H2,1H3;1H. The average Bonchev–Trinajstić information content (AvgIpc) is 2.53. The van der Waals surface area contributed by atoms with Crippen LogP contribution in [0.3, 0.4) is 0 Å². The van der Waals surface area contributed by atoms with Gasteiger partial charge < -0.3 is 15.4 Å². The molecule has 0 aromatic heterocycles. The van der Waals surface area contributed by atoms with Crippen LogP contribution in [-0.4, -0.2) is 36.9 Å². The van der Waals surface area contributed by atoms with Gasteiger partial charge in [0.15, 0.2) is 0 Å². The number of hydrogen-bond acceptors (Lipinski definition) is 4. The number of likely N-dealkylation sites (tertiary alicyclic amines) is 1. The molecular weight excluding hydrogens is 347 g/mol. The van der Waals surface area contributed by atoms with Crippen LogP contribution in [0.15, 0.2) is 12.1 Å². The highest BCUT2D eigenvalue weighted by molar-refractivity contribution is 6.33. The topological polar surface area (TPSA) is 55.6 Å². The number of anilines is 1. The fraction of sp³-hybridized carbons (Fsp3) is 0.611. The number of carbonyl (C=O) groups is 1. The minimum absolute atomic E-state index is 0. The summed E-state index contributed by atoms with van der Waals surface area (Å²) in [5.41, 5.74) is 7.12. The molecule has 0 unspecified atom stereocenters. The van der Waals surface area contributed by atoms with E-state index in [9.17, 15) is 4.79 Å². The molecule has 1 aromatic rings. The molecular formula is C18H28Cl2N2O2. The maximum atomic E-state index is 12.3. The molecule has 0 radical (unpaired) electrons. The number of carbonyl (C=O) groups excluding carboxylic acids is 1. The van der Waals surface area contributed by atoms with Crippen LogP contribution in [0.1, 0.15) is 44.6 Å². The molecule has 4 nitrogen and oxygen atoms in total. The Morgan fingerprint density at radius 2 is 2.00 bits per heavy atom. The van der Waals surface area contributed by atoms with Gasteiger partial charge in [-0.25, -0.2) is 0 Å². The van der Waals surface area contributed by atoms with Crippen molar-refractivity contribution < 1.29 is 9.53 Å². The molecule has 0 saturated carbocycles. The maximum absolute atomic E-state index is 12.3. The van der Waals surface area contributed by atoms with E-state index >= 15 is 0 Å². The van der Waals surface area contributed by atoms with Gasteiger partial charge in [0.1, 0.15) is 11.5 Å². The third-order valence-corrected chi connectivity index (χ3v) is 4.57. The SMILES string of the molecule is CCOc1cc(N)c(Cl)cc1CC(=O)CCCN1CCCCC1.Cl. The summed E-state index contributed by atoms with van der Waals surface area (Å²) in [6.45, 7) is 5.82. The smallest absolute Gasteiger partial charge is 0.137 e. The van der Waals surface area contributed by atoms with E-state index in [1.807, 2.05) is 6.92 Å². The quantitative estimate of drug-likeness (QED) is 0.695. The van der Waals surface area contributed by atoms with Crippen LogP contribution in [0.25, 0.3) is 0 Å². The molecule has 0 bridgehead atoms. The van der Waals surface area contributed by atoms with Crippen LogP contribution in [-0.2, 0) is 11.2 Å². The van der Waals surface area contributed by atoms with Crippen molar-refractivity contribution in [3.8, 4) is 5.75 Å². The summed E-state index contributed by atoms with van der Waals surface area (Å²) in [4.78, 5) is 14.7. The Labute approximate surface area is 156 Å². The van der Waals surface area contributed by atoms with Crippen molar-refractivity contribution in [2.75, 3.05) is 32.0 Å². The first kappa shape index (κ1) is 21.1. The van der Waals surface area contributed by atoms with Gasteiger partial charge in [0.05, 0.1) is 17.3 Å². The number of nitrogens with zero attached hydrogens (tertiary/aromatic N) is 1. The van der Waals surface area contributed by atoms with Crippen molar-refractivity contribution in [1.82, 2.24) is 4.90 Å². The maximum Gasteiger partial charge on any atom is 0.137 e. The van der Waals surface area contributed by atoms with Gasteiger partial charge in [-0.05, 0) is 51.9 Å². The molecule has 2 N–H and O–H groups in total. The zero-order valence-corrected chi connectivity index (χ0v) is 15.9. The number of nitrogens with two attached hydrogens (primary N) is 1.